The van der Waals surface area contributed by atoms with Gasteiger partial charge in [0.05, 0.1) is 0 Å². The number of hydrogen-bond acceptors (Lipinski definition) is 3. The summed E-state index contributed by atoms with van der Waals surface area (Å²) in [6.07, 6.45) is 1.22. The van der Waals surface area contributed by atoms with Crippen molar-refractivity contribution in [2.24, 2.45) is 0 Å². The van der Waals surface area contributed by atoms with Crippen LogP contribution in [-0.4, -0.2) is 59.5 Å². The normalized spacial score (nSPS) is 15.5. The van der Waals surface area contributed by atoms with Crippen LogP contribution in [0.15, 0.2) is 24.3 Å². The standard InChI is InChI=1S/C19H28N2O3/c1-19(2,3)16-7-4-15(5-8-16)6-9-17(23)20-10-12-21(13-11-20)18(24)14-22/h4-5,7-8,22H,6,9-14H2,1-3H3. The van der Waals surface area contributed by atoms with E-state index >= 15 is 0 Å². The van der Waals surface area contributed by atoms with Crippen molar-refractivity contribution >= 4 is 11.8 Å². The summed E-state index contributed by atoms with van der Waals surface area (Å²) in [6.45, 7) is 8.21. The molecule has 1 aliphatic heterocycles. The Morgan fingerprint density at radius 1 is 0.958 bits per heavy atom. The van der Waals surface area contributed by atoms with Crippen LogP contribution in [0.5, 0.6) is 0 Å². The lowest BCUT2D eigenvalue weighted by molar-refractivity contribution is -0.141. The van der Waals surface area contributed by atoms with Gasteiger partial charge in [-0.2, -0.15) is 0 Å². The summed E-state index contributed by atoms with van der Waals surface area (Å²) < 4.78 is 0. The fourth-order valence-corrected chi connectivity index (χ4v) is 2.89. The Kier molecular flexibility index (Phi) is 5.99. The Hall–Kier alpha value is -1.88. The van der Waals surface area contributed by atoms with Crippen LogP contribution in [0.25, 0.3) is 0 Å². The summed E-state index contributed by atoms with van der Waals surface area (Å²) in [6, 6.07) is 8.48. The van der Waals surface area contributed by atoms with Crippen LogP contribution in [0.1, 0.15) is 38.3 Å². The average Bonchev–Trinajstić information content (AvgIpc) is 2.58. The Labute approximate surface area is 144 Å². The van der Waals surface area contributed by atoms with E-state index in [1.54, 1.807) is 4.90 Å². The summed E-state index contributed by atoms with van der Waals surface area (Å²) in [5.41, 5.74) is 2.60. The van der Waals surface area contributed by atoms with Crippen molar-refractivity contribution in [1.82, 2.24) is 9.80 Å². The van der Waals surface area contributed by atoms with Gasteiger partial charge in [-0.1, -0.05) is 45.0 Å². The molecule has 24 heavy (non-hydrogen) atoms. The van der Waals surface area contributed by atoms with Gasteiger partial charge in [0.25, 0.3) is 0 Å². The molecule has 1 aromatic carbocycles. The SMILES string of the molecule is CC(C)(C)c1ccc(CCC(=O)N2CCN(C(=O)CO)CC2)cc1. The van der Waals surface area contributed by atoms with Crippen LogP contribution in [0.4, 0.5) is 0 Å². The number of carbonyl (C=O) groups excluding carboxylic acids is 2. The van der Waals surface area contributed by atoms with Crippen LogP contribution < -0.4 is 0 Å². The predicted molar refractivity (Wildman–Crippen MR) is 93.7 cm³/mol. The lowest BCUT2D eigenvalue weighted by Gasteiger charge is -2.34. The van der Waals surface area contributed by atoms with Gasteiger partial charge in [-0.15, -0.1) is 0 Å². The van der Waals surface area contributed by atoms with E-state index in [1.165, 1.54) is 11.1 Å². The molecular formula is C19H28N2O3. The van der Waals surface area contributed by atoms with Gasteiger partial charge >= 0.3 is 0 Å². The van der Waals surface area contributed by atoms with E-state index in [9.17, 15) is 9.59 Å². The van der Waals surface area contributed by atoms with E-state index in [4.69, 9.17) is 5.11 Å². The van der Waals surface area contributed by atoms with Crippen molar-refractivity contribution in [2.45, 2.75) is 39.0 Å². The zero-order valence-corrected chi connectivity index (χ0v) is 14.9. The van der Waals surface area contributed by atoms with Crippen molar-refractivity contribution in [2.75, 3.05) is 32.8 Å². The highest BCUT2D eigenvalue weighted by atomic mass is 16.3. The summed E-state index contributed by atoms with van der Waals surface area (Å²) in [7, 11) is 0. The monoisotopic (exact) mass is 332 g/mol. The largest absolute Gasteiger partial charge is 0.387 e. The number of nitrogens with zero attached hydrogens (tertiary/aromatic N) is 2. The smallest absolute Gasteiger partial charge is 0.248 e. The van der Waals surface area contributed by atoms with E-state index in [-0.39, 0.29) is 17.2 Å². The first-order chi connectivity index (χ1) is 11.3. The molecule has 1 fully saturated rings. The van der Waals surface area contributed by atoms with Crippen LogP contribution in [-0.2, 0) is 21.4 Å². The first-order valence-corrected chi connectivity index (χ1v) is 8.57. The number of rotatable bonds is 4. The predicted octanol–water partition coefficient (Wildman–Crippen LogP) is 1.58. The second-order valence-electron chi connectivity index (χ2n) is 7.37. The number of benzene rings is 1. The van der Waals surface area contributed by atoms with E-state index in [0.717, 1.165) is 6.42 Å². The van der Waals surface area contributed by atoms with Gasteiger partial charge in [-0.05, 0) is 23.0 Å². The van der Waals surface area contributed by atoms with Crippen molar-refractivity contribution in [3.63, 3.8) is 0 Å². The molecule has 0 radical (unpaired) electrons. The van der Waals surface area contributed by atoms with Gasteiger partial charge < -0.3 is 14.9 Å². The molecule has 132 valence electrons. The maximum absolute atomic E-state index is 12.3. The van der Waals surface area contributed by atoms with E-state index in [1.807, 2.05) is 4.90 Å². The van der Waals surface area contributed by atoms with Gasteiger partial charge in [0.2, 0.25) is 11.8 Å². The van der Waals surface area contributed by atoms with E-state index in [2.05, 4.69) is 45.0 Å². The molecule has 0 spiro atoms. The zero-order valence-electron chi connectivity index (χ0n) is 14.9. The van der Waals surface area contributed by atoms with Gasteiger partial charge in [0, 0.05) is 32.6 Å². The van der Waals surface area contributed by atoms with Gasteiger partial charge in [0.1, 0.15) is 6.61 Å². The number of piperazine rings is 1. The molecule has 0 bridgehead atoms. The molecule has 0 aliphatic carbocycles. The van der Waals surface area contributed by atoms with Crippen molar-refractivity contribution < 1.29 is 14.7 Å². The number of carbonyl (C=O) groups is 2. The third kappa shape index (κ3) is 4.81. The molecule has 2 amide bonds. The molecule has 5 nitrogen and oxygen atoms in total. The number of hydrogen-bond donors (Lipinski definition) is 1. The Morgan fingerprint density at radius 3 is 1.92 bits per heavy atom. The fourth-order valence-electron chi connectivity index (χ4n) is 2.89. The Morgan fingerprint density at radius 2 is 1.46 bits per heavy atom. The zero-order chi connectivity index (χ0) is 17.7. The molecule has 1 heterocycles. The minimum atomic E-state index is -0.460. The summed E-state index contributed by atoms with van der Waals surface area (Å²) in [5.74, 6) is -0.132. The number of aliphatic hydroxyl groups is 1. The van der Waals surface area contributed by atoms with Crippen molar-refractivity contribution in [3.05, 3.63) is 35.4 Å². The van der Waals surface area contributed by atoms with Gasteiger partial charge in [-0.3, -0.25) is 9.59 Å². The molecule has 0 aromatic heterocycles. The van der Waals surface area contributed by atoms with Crippen molar-refractivity contribution in [1.29, 1.82) is 0 Å². The number of aliphatic hydroxyl groups excluding tert-OH is 1. The van der Waals surface area contributed by atoms with Crippen molar-refractivity contribution in [3.8, 4) is 0 Å². The first kappa shape index (κ1) is 18.5. The van der Waals surface area contributed by atoms with Gasteiger partial charge in [0.15, 0.2) is 0 Å². The summed E-state index contributed by atoms with van der Waals surface area (Å²) in [4.78, 5) is 27.2. The van der Waals surface area contributed by atoms with Crippen LogP contribution in [0.3, 0.4) is 0 Å². The number of aryl methyl sites for hydroxylation is 1. The summed E-state index contributed by atoms with van der Waals surface area (Å²) >= 11 is 0. The minimum Gasteiger partial charge on any atom is -0.387 e. The lowest BCUT2D eigenvalue weighted by Crippen LogP contribution is -2.51. The fraction of sp³-hybridized carbons (Fsp3) is 0.579. The lowest BCUT2D eigenvalue weighted by atomic mass is 9.86. The third-order valence-corrected chi connectivity index (χ3v) is 4.57. The molecular weight excluding hydrogens is 304 g/mol. The van der Waals surface area contributed by atoms with Crippen LogP contribution >= 0.6 is 0 Å². The highest BCUT2D eigenvalue weighted by Crippen LogP contribution is 2.22. The third-order valence-electron chi connectivity index (χ3n) is 4.57. The molecule has 5 heteroatoms. The maximum atomic E-state index is 12.3. The highest BCUT2D eigenvalue weighted by molar-refractivity contribution is 5.79. The number of amides is 2. The second-order valence-corrected chi connectivity index (χ2v) is 7.37. The first-order valence-electron chi connectivity index (χ1n) is 8.57. The molecule has 1 aromatic rings. The maximum Gasteiger partial charge on any atom is 0.248 e. The molecule has 0 atom stereocenters. The topological polar surface area (TPSA) is 60.9 Å². The Balaban J connectivity index is 1.80. The Bertz CT molecular complexity index is 567. The quantitative estimate of drug-likeness (QED) is 0.911. The summed E-state index contributed by atoms with van der Waals surface area (Å²) in [5, 5.41) is 8.87. The molecule has 2 rings (SSSR count). The molecule has 0 unspecified atom stereocenters. The average molecular weight is 332 g/mol. The van der Waals surface area contributed by atoms with E-state index in [0.29, 0.717) is 32.6 Å². The molecule has 0 saturated carbocycles. The second kappa shape index (κ2) is 7.79. The van der Waals surface area contributed by atoms with Crippen LogP contribution in [0.2, 0.25) is 0 Å². The van der Waals surface area contributed by atoms with E-state index < -0.39 is 6.61 Å². The van der Waals surface area contributed by atoms with Crippen LogP contribution in [0, 0.1) is 0 Å². The molecule has 1 aliphatic rings. The van der Waals surface area contributed by atoms with Gasteiger partial charge in [-0.25, -0.2) is 0 Å². The molecule has 1 saturated heterocycles. The minimum absolute atomic E-state index is 0.131. The molecule has 1 N–H and O–H groups in total. The highest BCUT2D eigenvalue weighted by Gasteiger charge is 2.23.